The molecule has 2 heterocycles. The van der Waals surface area contributed by atoms with E-state index in [-0.39, 0.29) is 0 Å². The predicted octanol–water partition coefficient (Wildman–Crippen LogP) is 1.14. The summed E-state index contributed by atoms with van der Waals surface area (Å²) in [5.74, 6) is 2.45. The number of ether oxygens (including phenoxy) is 1. The van der Waals surface area contributed by atoms with Gasteiger partial charge in [-0.1, -0.05) is 6.07 Å². The van der Waals surface area contributed by atoms with Crippen LogP contribution in [0.1, 0.15) is 6.42 Å². The van der Waals surface area contributed by atoms with Gasteiger partial charge in [-0.25, -0.2) is 0 Å². The quantitative estimate of drug-likeness (QED) is 0.827. The summed E-state index contributed by atoms with van der Waals surface area (Å²) in [6, 6.07) is 5.92. The monoisotopic (exact) mass is 221 g/mol. The van der Waals surface area contributed by atoms with Crippen LogP contribution in [0.15, 0.2) is 18.2 Å². The zero-order valence-electron chi connectivity index (χ0n) is 9.94. The van der Waals surface area contributed by atoms with Gasteiger partial charge in [-0.2, -0.15) is 4.98 Å². The number of nitrogens with zero attached hydrogens (tertiary/aromatic N) is 2. The molecule has 4 heteroatoms. The summed E-state index contributed by atoms with van der Waals surface area (Å²) >= 11 is 0. The first-order valence-electron chi connectivity index (χ1n) is 5.74. The van der Waals surface area contributed by atoms with E-state index in [0.717, 1.165) is 31.4 Å². The molecular weight excluding hydrogens is 202 g/mol. The van der Waals surface area contributed by atoms with Gasteiger partial charge in [-0.15, -0.1) is 0 Å². The lowest BCUT2D eigenvalue weighted by Gasteiger charge is -2.17. The van der Waals surface area contributed by atoms with Crippen LogP contribution in [0.5, 0.6) is 5.88 Å². The molecule has 4 nitrogen and oxygen atoms in total. The second-order valence-corrected chi connectivity index (χ2v) is 4.20. The first-order chi connectivity index (χ1) is 7.83. The molecule has 1 fully saturated rings. The molecule has 0 saturated carbocycles. The van der Waals surface area contributed by atoms with Gasteiger partial charge >= 0.3 is 0 Å². The molecule has 1 aromatic rings. The van der Waals surface area contributed by atoms with E-state index in [1.54, 1.807) is 7.11 Å². The van der Waals surface area contributed by atoms with Crippen LogP contribution in [0, 0.1) is 5.92 Å². The Morgan fingerprint density at radius 3 is 3.19 bits per heavy atom. The molecule has 1 N–H and O–H groups in total. The summed E-state index contributed by atoms with van der Waals surface area (Å²) in [6.07, 6.45) is 1.24. The average molecular weight is 221 g/mol. The summed E-state index contributed by atoms with van der Waals surface area (Å²) in [6.45, 7) is 3.26. The Kier molecular flexibility index (Phi) is 3.62. The standard InChI is InChI=1S/C12H19N3O/c1-13-8-10-6-7-15(9-10)11-4-3-5-12(14-11)16-2/h3-5,10,13H,6-9H2,1-2H3. The lowest BCUT2D eigenvalue weighted by molar-refractivity contribution is 0.398. The zero-order chi connectivity index (χ0) is 11.4. The third-order valence-corrected chi connectivity index (χ3v) is 3.02. The number of hydrogen-bond donors (Lipinski definition) is 1. The van der Waals surface area contributed by atoms with Crippen molar-refractivity contribution in [2.24, 2.45) is 5.92 Å². The summed E-state index contributed by atoms with van der Waals surface area (Å²) in [7, 11) is 3.66. The van der Waals surface area contributed by atoms with Crippen molar-refractivity contribution in [2.45, 2.75) is 6.42 Å². The van der Waals surface area contributed by atoms with E-state index in [0.29, 0.717) is 5.88 Å². The topological polar surface area (TPSA) is 37.4 Å². The fraction of sp³-hybridized carbons (Fsp3) is 0.583. The fourth-order valence-corrected chi connectivity index (χ4v) is 2.19. The van der Waals surface area contributed by atoms with Crippen molar-refractivity contribution < 1.29 is 4.74 Å². The van der Waals surface area contributed by atoms with E-state index in [2.05, 4.69) is 15.2 Å². The first kappa shape index (κ1) is 11.2. The minimum absolute atomic E-state index is 0.689. The minimum atomic E-state index is 0.689. The van der Waals surface area contributed by atoms with E-state index < -0.39 is 0 Å². The SMILES string of the molecule is CNCC1CCN(c2cccc(OC)n2)C1. The van der Waals surface area contributed by atoms with Gasteiger partial charge in [0.15, 0.2) is 0 Å². The Labute approximate surface area is 96.6 Å². The van der Waals surface area contributed by atoms with E-state index in [1.165, 1.54) is 6.42 Å². The highest BCUT2D eigenvalue weighted by molar-refractivity contribution is 5.41. The lowest BCUT2D eigenvalue weighted by atomic mass is 10.1. The van der Waals surface area contributed by atoms with Gasteiger partial charge in [0.2, 0.25) is 5.88 Å². The van der Waals surface area contributed by atoms with Crippen molar-refractivity contribution in [1.82, 2.24) is 10.3 Å². The Hall–Kier alpha value is -1.29. The third kappa shape index (κ3) is 2.44. The second kappa shape index (κ2) is 5.16. The summed E-state index contributed by atoms with van der Waals surface area (Å²) < 4.78 is 5.14. The molecule has 1 saturated heterocycles. The van der Waals surface area contributed by atoms with Crippen LogP contribution in [0.2, 0.25) is 0 Å². The molecule has 1 aliphatic rings. The highest BCUT2D eigenvalue weighted by Crippen LogP contribution is 2.23. The van der Waals surface area contributed by atoms with Crippen LogP contribution in [0.25, 0.3) is 0 Å². The second-order valence-electron chi connectivity index (χ2n) is 4.20. The maximum absolute atomic E-state index is 5.14. The van der Waals surface area contributed by atoms with Crippen LogP contribution in [0.4, 0.5) is 5.82 Å². The third-order valence-electron chi connectivity index (χ3n) is 3.02. The minimum Gasteiger partial charge on any atom is -0.481 e. The molecule has 0 radical (unpaired) electrons. The molecule has 0 spiro atoms. The molecule has 0 amide bonds. The Morgan fingerprint density at radius 1 is 1.56 bits per heavy atom. The number of nitrogens with one attached hydrogen (secondary N) is 1. The molecule has 16 heavy (non-hydrogen) atoms. The van der Waals surface area contributed by atoms with Crippen molar-refractivity contribution in [1.29, 1.82) is 0 Å². The summed E-state index contributed by atoms with van der Waals surface area (Å²) in [5.41, 5.74) is 0. The predicted molar refractivity (Wildman–Crippen MR) is 65.0 cm³/mol. The Bertz CT molecular complexity index is 343. The molecule has 1 atom stereocenters. The normalized spacial score (nSPS) is 20.1. The molecular formula is C12H19N3O. The van der Waals surface area contributed by atoms with Gasteiger partial charge < -0.3 is 15.0 Å². The molecule has 2 rings (SSSR count). The molecule has 88 valence electrons. The molecule has 1 aromatic heterocycles. The summed E-state index contributed by atoms with van der Waals surface area (Å²) in [4.78, 5) is 6.78. The maximum Gasteiger partial charge on any atom is 0.214 e. The largest absolute Gasteiger partial charge is 0.481 e. The first-order valence-corrected chi connectivity index (χ1v) is 5.74. The van der Waals surface area contributed by atoms with Gasteiger partial charge in [0.25, 0.3) is 0 Å². The van der Waals surface area contributed by atoms with Crippen LogP contribution in [-0.4, -0.2) is 38.8 Å². The van der Waals surface area contributed by atoms with E-state index >= 15 is 0 Å². The van der Waals surface area contributed by atoms with E-state index in [9.17, 15) is 0 Å². The number of anilines is 1. The van der Waals surface area contributed by atoms with Gasteiger partial charge in [-0.3, -0.25) is 0 Å². The van der Waals surface area contributed by atoms with Crippen LogP contribution in [0.3, 0.4) is 0 Å². The zero-order valence-corrected chi connectivity index (χ0v) is 9.94. The Balaban J connectivity index is 2.02. The summed E-state index contributed by atoms with van der Waals surface area (Å²) in [5, 5.41) is 3.23. The van der Waals surface area contributed by atoms with Crippen molar-refractivity contribution in [3.05, 3.63) is 18.2 Å². The molecule has 1 aliphatic heterocycles. The van der Waals surface area contributed by atoms with Gasteiger partial charge in [0.05, 0.1) is 7.11 Å². The molecule has 0 aliphatic carbocycles. The molecule has 0 aromatic carbocycles. The van der Waals surface area contributed by atoms with Crippen LogP contribution >= 0.6 is 0 Å². The smallest absolute Gasteiger partial charge is 0.214 e. The number of hydrogen-bond acceptors (Lipinski definition) is 4. The van der Waals surface area contributed by atoms with Crippen molar-refractivity contribution >= 4 is 5.82 Å². The highest BCUT2D eigenvalue weighted by Gasteiger charge is 2.22. The van der Waals surface area contributed by atoms with Crippen LogP contribution in [-0.2, 0) is 0 Å². The van der Waals surface area contributed by atoms with Crippen molar-refractivity contribution in [3.63, 3.8) is 0 Å². The number of rotatable bonds is 4. The van der Waals surface area contributed by atoms with Crippen molar-refractivity contribution in [3.8, 4) is 5.88 Å². The molecule has 1 unspecified atom stereocenters. The maximum atomic E-state index is 5.14. The number of pyridine rings is 1. The molecule has 0 bridgehead atoms. The van der Waals surface area contributed by atoms with E-state index in [1.807, 2.05) is 25.2 Å². The Morgan fingerprint density at radius 2 is 2.44 bits per heavy atom. The van der Waals surface area contributed by atoms with Crippen LogP contribution < -0.4 is 15.0 Å². The fourth-order valence-electron chi connectivity index (χ4n) is 2.19. The van der Waals surface area contributed by atoms with Crippen molar-refractivity contribution in [2.75, 3.05) is 38.7 Å². The van der Waals surface area contributed by atoms with E-state index in [4.69, 9.17) is 4.74 Å². The lowest BCUT2D eigenvalue weighted by Crippen LogP contribution is -2.24. The van der Waals surface area contributed by atoms with Gasteiger partial charge in [0, 0.05) is 19.2 Å². The number of methoxy groups -OCH3 is 1. The van der Waals surface area contributed by atoms with Gasteiger partial charge in [0.1, 0.15) is 5.82 Å². The average Bonchev–Trinajstić information content (AvgIpc) is 2.78. The van der Waals surface area contributed by atoms with Gasteiger partial charge in [-0.05, 0) is 32.0 Å². The highest BCUT2D eigenvalue weighted by atomic mass is 16.5. The number of aromatic nitrogens is 1.